The van der Waals surface area contributed by atoms with Crippen LogP contribution < -0.4 is 0 Å². The summed E-state index contributed by atoms with van der Waals surface area (Å²) in [7, 11) is 0. The van der Waals surface area contributed by atoms with Crippen LogP contribution in [-0.4, -0.2) is 0 Å². The third kappa shape index (κ3) is 8.82. The van der Waals surface area contributed by atoms with Crippen molar-refractivity contribution in [3.05, 3.63) is 0 Å². The summed E-state index contributed by atoms with van der Waals surface area (Å²) < 4.78 is 0. The van der Waals surface area contributed by atoms with Crippen LogP contribution in [0.5, 0.6) is 0 Å². The van der Waals surface area contributed by atoms with Crippen LogP contribution in [0.2, 0.25) is 0 Å². The number of hydrogen-bond acceptors (Lipinski definition) is 0. The predicted octanol–water partition coefficient (Wildman–Crippen LogP) is -0.0100. The molecule has 0 nitrogen and oxygen atoms in total. The Morgan fingerprint density at radius 2 is 1.00 bits per heavy atom. The molecule has 0 aromatic heterocycles. The van der Waals surface area contributed by atoms with Crippen molar-refractivity contribution >= 4 is 0 Å². The van der Waals surface area contributed by atoms with Gasteiger partial charge in [-0.1, -0.05) is 0 Å². The third-order valence-corrected chi connectivity index (χ3v) is 0. The minimum atomic E-state index is 0. The van der Waals surface area contributed by atoms with Gasteiger partial charge in [-0.15, -0.1) is 0 Å². The van der Waals surface area contributed by atoms with Crippen LogP contribution in [0.15, 0.2) is 0 Å². The Hall–Kier alpha value is 2.57. The van der Waals surface area contributed by atoms with Crippen LogP contribution >= 0.6 is 0 Å². The normalized spacial score (nSPS) is 0. The SMILES string of the molecule is [Co].[Mn].[Pd].[Zr]. The first-order valence-corrected chi connectivity index (χ1v) is 0. The van der Waals surface area contributed by atoms with E-state index in [-0.39, 0.29) is 80.5 Å². The summed E-state index contributed by atoms with van der Waals surface area (Å²) in [6.45, 7) is 0. The fraction of sp³-hybridized carbons (Fsp3) is 0. The summed E-state index contributed by atoms with van der Waals surface area (Å²) >= 11 is 0. The summed E-state index contributed by atoms with van der Waals surface area (Å²) in [6.07, 6.45) is 0. The van der Waals surface area contributed by atoms with E-state index < -0.39 is 0 Å². The second-order valence-corrected chi connectivity index (χ2v) is 0. The van der Waals surface area contributed by atoms with Crippen molar-refractivity contribution in [2.75, 3.05) is 0 Å². The van der Waals surface area contributed by atoms with E-state index in [2.05, 4.69) is 0 Å². The van der Waals surface area contributed by atoms with Crippen molar-refractivity contribution in [1.29, 1.82) is 0 Å². The molecule has 30 valence electrons. The van der Waals surface area contributed by atoms with Crippen molar-refractivity contribution in [3.63, 3.8) is 0 Å². The fourth-order valence-electron chi connectivity index (χ4n) is 0. The van der Waals surface area contributed by atoms with Gasteiger partial charge in [0.05, 0.1) is 0 Å². The Morgan fingerprint density at radius 3 is 1.00 bits per heavy atom. The Bertz CT molecular complexity index is 8.00. The largest absolute Gasteiger partial charge is 0 e. The monoisotopic (exact) mass is 310 g/mol. The maximum atomic E-state index is 0. The molecular weight excluding hydrogens is 312 g/mol. The third-order valence-electron chi connectivity index (χ3n) is 0. The van der Waals surface area contributed by atoms with Gasteiger partial charge >= 0.3 is 0 Å². The Kier molecular flexibility index (Phi) is 136. The Labute approximate surface area is 79.3 Å². The van der Waals surface area contributed by atoms with E-state index in [4.69, 9.17) is 0 Å². The van der Waals surface area contributed by atoms with Crippen LogP contribution in [0.1, 0.15) is 0 Å². The zero-order chi connectivity index (χ0) is 0. The van der Waals surface area contributed by atoms with Gasteiger partial charge in [0.25, 0.3) is 0 Å². The molecule has 0 heterocycles. The molecule has 4 heteroatoms. The van der Waals surface area contributed by atoms with Gasteiger partial charge in [0.1, 0.15) is 0 Å². The quantitative estimate of drug-likeness (QED) is 0.552. The fourth-order valence-corrected chi connectivity index (χ4v) is 0. The van der Waals surface area contributed by atoms with Gasteiger partial charge in [-0.2, -0.15) is 0 Å². The minimum Gasteiger partial charge on any atom is 0 e. The Morgan fingerprint density at radius 1 is 1.00 bits per heavy atom. The molecule has 0 aliphatic carbocycles. The van der Waals surface area contributed by atoms with Gasteiger partial charge in [0.15, 0.2) is 0 Å². The average molecular weight is 312 g/mol. The molecule has 4 heavy (non-hydrogen) atoms. The first-order chi connectivity index (χ1) is 0. The van der Waals surface area contributed by atoms with Gasteiger partial charge in [-0.05, 0) is 0 Å². The molecule has 0 aliphatic heterocycles. The zero-order valence-corrected chi connectivity index (χ0v) is 7.76. The van der Waals surface area contributed by atoms with Crippen LogP contribution in [0.4, 0.5) is 0 Å². The number of rotatable bonds is 0. The van der Waals surface area contributed by atoms with Gasteiger partial charge in [-0.3, -0.25) is 0 Å². The minimum absolute atomic E-state index is 0. The Balaban J connectivity index is 0. The van der Waals surface area contributed by atoms with E-state index >= 15 is 0 Å². The van der Waals surface area contributed by atoms with Crippen LogP contribution in [0.25, 0.3) is 0 Å². The van der Waals surface area contributed by atoms with E-state index in [9.17, 15) is 0 Å². The van der Waals surface area contributed by atoms with Crippen molar-refractivity contribution < 1.29 is 80.5 Å². The predicted molar refractivity (Wildman–Crippen MR) is 0 cm³/mol. The van der Waals surface area contributed by atoms with E-state index in [1.165, 1.54) is 0 Å². The zero-order valence-electron chi connectivity index (χ0n) is 1.53. The smallest absolute Gasteiger partial charge is 0 e. The summed E-state index contributed by atoms with van der Waals surface area (Å²) in [5.74, 6) is 0. The molecule has 0 saturated heterocycles. The maximum Gasteiger partial charge on any atom is 0 e. The molecule has 0 fully saturated rings. The van der Waals surface area contributed by atoms with Crippen molar-refractivity contribution in [2.24, 2.45) is 0 Å². The van der Waals surface area contributed by atoms with Crippen molar-refractivity contribution in [1.82, 2.24) is 0 Å². The van der Waals surface area contributed by atoms with Gasteiger partial charge in [-0.25, -0.2) is 0 Å². The van der Waals surface area contributed by atoms with Crippen LogP contribution in [-0.2, 0) is 80.5 Å². The summed E-state index contributed by atoms with van der Waals surface area (Å²) in [4.78, 5) is 0. The van der Waals surface area contributed by atoms with Crippen LogP contribution in [0, 0.1) is 0 Å². The van der Waals surface area contributed by atoms with E-state index in [1.54, 1.807) is 0 Å². The molecule has 0 unspecified atom stereocenters. The molecule has 0 bridgehead atoms. The summed E-state index contributed by atoms with van der Waals surface area (Å²) in [6, 6.07) is 0. The maximum absolute atomic E-state index is 0. The second kappa shape index (κ2) is 17.6. The first-order valence-electron chi connectivity index (χ1n) is 0. The summed E-state index contributed by atoms with van der Waals surface area (Å²) in [5.41, 5.74) is 0. The molecule has 0 atom stereocenters. The molecule has 0 rings (SSSR count). The van der Waals surface area contributed by atoms with Gasteiger partial charge < -0.3 is 0 Å². The molecule has 0 N–H and O–H groups in total. The van der Waals surface area contributed by atoms with E-state index in [1.807, 2.05) is 0 Å². The second-order valence-electron chi connectivity index (χ2n) is 0. The van der Waals surface area contributed by atoms with Crippen molar-refractivity contribution in [3.8, 4) is 0 Å². The molecular formula is CoMnPdZr. The molecule has 0 spiro atoms. The topological polar surface area (TPSA) is 0 Å². The standard InChI is InChI=1S/Co.Mn.Pd.Zr. The molecule has 0 saturated carbocycles. The molecule has 0 aromatic carbocycles. The molecule has 0 aromatic rings. The van der Waals surface area contributed by atoms with E-state index in [0.717, 1.165) is 0 Å². The number of hydrogen-bond donors (Lipinski definition) is 0. The van der Waals surface area contributed by atoms with E-state index in [0.29, 0.717) is 0 Å². The summed E-state index contributed by atoms with van der Waals surface area (Å²) in [5, 5.41) is 0. The van der Waals surface area contributed by atoms with Gasteiger partial charge in [0.2, 0.25) is 0 Å². The average Bonchev–Trinajstić information content (AvgIpc) is 0. The molecule has 0 amide bonds. The van der Waals surface area contributed by atoms with Crippen molar-refractivity contribution in [2.45, 2.75) is 0 Å². The molecule has 2 radical (unpaired) electrons. The molecule has 0 aliphatic rings. The first kappa shape index (κ1) is 30.8. The van der Waals surface area contributed by atoms with Gasteiger partial charge in [0, 0.05) is 80.5 Å². The van der Waals surface area contributed by atoms with Crippen LogP contribution in [0.3, 0.4) is 0 Å².